The molecule has 3 N–H and O–H groups in total. The van der Waals surface area contributed by atoms with Crippen molar-refractivity contribution >= 4 is 22.8 Å². The summed E-state index contributed by atoms with van der Waals surface area (Å²) in [5.41, 5.74) is 4.35. The third-order valence-corrected chi connectivity index (χ3v) is 6.45. The van der Waals surface area contributed by atoms with E-state index < -0.39 is 11.9 Å². The summed E-state index contributed by atoms with van der Waals surface area (Å²) in [6.07, 6.45) is 10.5. The first-order valence-corrected chi connectivity index (χ1v) is 11.3. The zero-order valence-electron chi connectivity index (χ0n) is 18.6. The smallest absolute Gasteiger partial charge is 0.328 e. The molecule has 5 rings (SSSR count). The molecular weight excluding hydrogens is 422 g/mol. The van der Waals surface area contributed by atoms with Crippen molar-refractivity contribution in [2.24, 2.45) is 5.92 Å². The van der Waals surface area contributed by atoms with Gasteiger partial charge < -0.3 is 15.2 Å². The summed E-state index contributed by atoms with van der Waals surface area (Å²) < 4.78 is 2.00. The van der Waals surface area contributed by atoms with Crippen molar-refractivity contribution in [3.05, 3.63) is 60.3 Å². The molecular formula is C24H29N5O4. The number of hydrogen-bond acceptors (Lipinski definition) is 5. The Balaban J connectivity index is 0.000000281. The second-order valence-electron chi connectivity index (χ2n) is 8.69. The summed E-state index contributed by atoms with van der Waals surface area (Å²) in [5, 5.41) is 21.4. The number of hydrogen-bond donors (Lipinski definition) is 3. The highest BCUT2D eigenvalue weighted by Crippen LogP contribution is 2.44. The van der Waals surface area contributed by atoms with Crippen LogP contribution in [0.2, 0.25) is 0 Å². The number of aliphatic carboxylic acids is 2. The molecule has 0 amide bonds. The number of nitrogens with one attached hydrogen (secondary N) is 1. The molecule has 174 valence electrons. The summed E-state index contributed by atoms with van der Waals surface area (Å²) in [6, 6.07) is 7.42. The topological polar surface area (TPSA) is 124 Å². The van der Waals surface area contributed by atoms with Crippen LogP contribution in [0.3, 0.4) is 0 Å². The van der Waals surface area contributed by atoms with Crippen molar-refractivity contribution in [2.75, 3.05) is 13.1 Å². The fourth-order valence-corrected chi connectivity index (χ4v) is 5.31. The lowest BCUT2D eigenvalue weighted by Gasteiger charge is -2.47. The van der Waals surface area contributed by atoms with Gasteiger partial charge in [0.25, 0.3) is 0 Å². The average Bonchev–Trinajstić information content (AvgIpc) is 3.45. The Morgan fingerprint density at radius 2 is 2.03 bits per heavy atom. The maximum atomic E-state index is 9.55. The largest absolute Gasteiger partial charge is 0.478 e. The molecule has 0 bridgehead atoms. The van der Waals surface area contributed by atoms with Gasteiger partial charge in [0.1, 0.15) is 12.7 Å². The highest BCUT2D eigenvalue weighted by Gasteiger charge is 2.40. The van der Waals surface area contributed by atoms with E-state index in [9.17, 15) is 9.59 Å². The Hall–Kier alpha value is -3.46. The number of carbonyl (C=O) groups is 2. The molecule has 3 heterocycles. The second-order valence-corrected chi connectivity index (χ2v) is 8.69. The van der Waals surface area contributed by atoms with Crippen LogP contribution in [0.5, 0.6) is 0 Å². The number of carboxylic acids is 2. The van der Waals surface area contributed by atoms with Gasteiger partial charge in [-0.15, -0.1) is 0 Å². The molecule has 1 aliphatic carbocycles. The summed E-state index contributed by atoms with van der Waals surface area (Å²) in [4.78, 5) is 29.4. The first-order valence-electron chi connectivity index (χ1n) is 11.3. The lowest BCUT2D eigenvalue weighted by Crippen LogP contribution is -2.50. The van der Waals surface area contributed by atoms with Crippen molar-refractivity contribution in [3.8, 4) is 0 Å². The fraction of sp³-hybridized carbons (Fsp3) is 0.417. The molecule has 9 nitrogen and oxygen atoms in total. The van der Waals surface area contributed by atoms with Crippen molar-refractivity contribution in [1.82, 2.24) is 24.6 Å². The van der Waals surface area contributed by atoms with Gasteiger partial charge >= 0.3 is 11.9 Å². The van der Waals surface area contributed by atoms with Gasteiger partial charge in [0.15, 0.2) is 0 Å². The average molecular weight is 452 g/mol. The molecule has 1 fully saturated rings. The van der Waals surface area contributed by atoms with Crippen LogP contribution in [0.15, 0.2) is 49.2 Å². The van der Waals surface area contributed by atoms with Crippen LogP contribution in [0.1, 0.15) is 36.8 Å². The zero-order valence-corrected chi connectivity index (χ0v) is 18.6. The molecule has 0 spiro atoms. The molecule has 1 aliphatic heterocycles. The monoisotopic (exact) mass is 451 g/mol. The highest BCUT2D eigenvalue weighted by molar-refractivity contribution is 5.89. The van der Waals surface area contributed by atoms with Gasteiger partial charge in [0, 0.05) is 54.3 Å². The van der Waals surface area contributed by atoms with Gasteiger partial charge in [-0.3, -0.25) is 9.58 Å². The fourth-order valence-electron chi connectivity index (χ4n) is 5.31. The van der Waals surface area contributed by atoms with Crippen molar-refractivity contribution in [3.63, 3.8) is 0 Å². The Morgan fingerprint density at radius 3 is 2.70 bits per heavy atom. The van der Waals surface area contributed by atoms with E-state index >= 15 is 0 Å². The number of nitrogens with zero attached hydrogens (tertiary/aromatic N) is 4. The van der Waals surface area contributed by atoms with Crippen LogP contribution in [0.4, 0.5) is 0 Å². The van der Waals surface area contributed by atoms with Gasteiger partial charge in [-0.1, -0.05) is 19.1 Å². The maximum Gasteiger partial charge on any atom is 0.328 e. The second kappa shape index (κ2) is 9.99. The quantitative estimate of drug-likeness (QED) is 0.492. The Bertz CT molecular complexity index is 1120. The lowest BCUT2D eigenvalue weighted by atomic mass is 9.72. The number of likely N-dealkylation sites (tertiary alicyclic amines) is 1. The van der Waals surface area contributed by atoms with E-state index in [1.54, 1.807) is 11.9 Å². The summed E-state index contributed by atoms with van der Waals surface area (Å²) in [7, 11) is 0. The van der Waals surface area contributed by atoms with E-state index in [4.69, 9.17) is 10.2 Å². The van der Waals surface area contributed by atoms with Gasteiger partial charge in [-0.2, -0.15) is 5.10 Å². The zero-order chi connectivity index (χ0) is 23.4. The predicted octanol–water partition coefficient (Wildman–Crippen LogP) is 2.91. The first kappa shape index (κ1) is 22.7. The number of aromatic nitrogens is 4. The van der Waals surface area contributed by atoms with Gasteiger partial charge in [0.05, 0.1) is 0 Å². The number of aromatic amines is 1. The third kappa shape index (κ3) is 5.14. The van der Waals surface area contributed by atoms with E-state index in [1.807, 2.05) is 11.0 Å². The predicted molar refractivity (Wildman–Crippen MR) is 123 cm³/mol. The molecule has 3 atom stereocenters. The molecule has 0 saturated carbocycles. The van der Waals surface area contributed by atoms with Gasteiger partial charge in [-0.05, 0) is 48.9 Å². The minimum atomic E-state index is -1.26. The summed E-state index contributed by atoms with van der Waals surface area (Å²) in [5.74, 6) is -1.26. The van der Waals surface area contributed by atoms with Gasteiger partial charge in [0.2, 0.25) is 0 Å². The van der Waals surface area contributed by atoms with Crippen LogP contribution >= 0.6 is 0 Å². The normalized spacial score (nSPS) is 22.0. The van der Waals surface area contributed by atoms with E-state index in [1.165, 1.54) is 48.8 Å². The number of fused-ring (bicyclic) bond motifs is 2. The van der Waals surface area contributed by atoms with E-state index in [0.717, 1.165) is 6.54 Å². The van der Waals surface area contributed by atoms with E-state index in [-0.39, 0.29) is 0 Å². The third-order valence-electron chi connectivity index (χ3n) is 6.45. The maximum absolute atomic E-state index is 9.55. The Morgan fingerprint density at radius 1 is 1.24 bits per heavy atom. The van der Waals surface area contributed by atoms with Crippen molar-refractivity contribution in [2.45, 2.75) is 44.7 Å². The molecule has 9 heteroatoms. The number of rotatable bonds is 6. The molecule has 0 radical (unpaired) electrons. The Labute approximate surface area is 191 Å². The van der Waals surface area contributed by atoms with Gasteiger partial charge in [-0.25, -0.2) is 14.6 Å². The minimum absolute atomic E-state index is 0.558. The number of benzene rings is 1. The standard InChI is InChI=1S/C20H25N5.C4H4O4/c1-2-6-24-10-14(11-25-13-21-12-23-25)7-17-16-4-3-5-18-20(16)15(9-22-18)8-19(17)24;5-3(6)1-2-4(7)8/h3-5,9,12-14,17,19,22H,2,6-8,10-11H2,1H3;1-2H,(H,5,6)(H,7,8)/b;2-1+/t14-,17?,19-;/m1./s1. The molecule has 33 heavy (non-hydrogen) atoms. The van der Waals surface area contributed by atoms with Crippen LogP contribution in [0.25, 0.3) is 10.9 Å². The van der Waals surface area contributed by atoms with Crippen LogP contribution in [-0.4, -0.2) is 65.9 Å². The Kier molecular flexibility index (Phi) is 6.88. The number of piperidine rings is 1. The molecule has 2 aromatic heterocycles. The van der Waals surface area contributed by atoms with Crippen LogP contribution in [-0.2, 0) is 22.6 Å². The number of H-pyrrole nitrogens is 1. The van der Waals surface area contributed by atoms with Crippen molar-refractivity contribution in [1.29, 1.82) is 0 Å². The van der Waals surface area contributed by atoms with Crippen LogP contribution in [0, 0.1) is 5.92 Å². The summed E-state index contributed by atoms with van der Waals surface area (Å²) >= 11 is 0. The number of carboxylic acid groups (broad SMARTS) is 2. The van der Waals surface area contributed by atoms with Crippen molar-refractivity contribution < 1.29 is 19.8 Å². The van der Waals surface area contributed by atoms with Crippen LogP contribution < -0.4 is 0 Å². The molecule has 1 saturated heterocycles. The van der Waals surface area contributed by atoms with E-state index in [2.05, 4.69) is 51.3 Å². The molecule has 2 aliphatic rings. The first-order chi connectivity index (χ1) is 16.0. The SMILES string of the molecule is CCCN1C[C@H](Cn2cncn2)CC2c3cccc4[nH]cc(c34)C[C@H]21.O=C(O)/C=C/C(=O)O. The summed E-state index contributed by atoms with van der Waals surface area (Å²) in [6.45, 7) is 5.62. The lowest BCUT2D eigenvalue weighted by molar-refractivity contribution is -0.134. The molecule has 1 unspecified atom stereocenters. The van der Waals surface area contributed by atoms with E-state index in [0.29, 0.717) is 30.0 Å². The molecule has 3 aromatic rings. The molecule has 1 aromatic carbocycles. The highest BCUT2D eigenvalue weighted by atomic mass is 16.4. The minimum Gasteiger partial charge on any atom is -0.478 e.